The standard InChI is InChI=1S/C27H25N3OS2/c1-18-13-15-21(16-14-18)28-27(32)29-22-9-6-10-23(17-22)33-19(2)26(31)30-25-12-5-8-20-7-3-4-11-24(20)25/h3-17,19H,1-2H3,(H,30,31)(H2,28,29,32). The van der Waals surface area contributed by atoms with Crippen molar-refractivity contribution < 1.29 is 4.79 Å². The number of amides is 1. The molecule has 0 aliphatic rings. The predicted molar refractivity (Wildman–Crippen MR) is 145 cm³/mol. The van der Waals surface area contributed by atoms with E-state index in [2.05, 4.69) is 16.0 Å². The Labute approximate surface area is 203 Å². The third-order valence-corrected chi connectivity index (χ3v) is 6.43. The highest BCUT2D eigenvalue weighted by Gasteiger charge is 2.16. The van der Waals surface area contributed by atoms with Crippen LogP contribution in [-0.2, 0) is 4.79 Å². The lowest BCUT2D eigenvalue weighted by Gasteiger charge is -2.15. The fraction of sp³-hybridized carbons (Fsp3) is 0.111. The number of nitrogens with one attached hydrogen (secondary N) is 3. The van der Waals surface area contributed by atoms with Gasteiger partial charge in [-0.3, -0.25) is 4.79 Å². The number of benzene rings is 4. The zero-order valence-corrected chi connectivity index (χ0v) is 20.1. The summed E-state index contributed by atoms with van der Waals surface area (Å²) >= 11 is 6.95. The van der Waals surface area contributed by atoms with E-state index in [4.69, 9.17) is 12.2 Å². The van der Waals surface area contributed by atoms with E-state index >= 15 is 0 Å². The quantitative estimate of drug-likeness (QED) is 0.207. The number of thiocarbonyl (C=S) groups is 1. The largest absolute Gasteiger partial charge is 0.332 e. The predicted octanol–water partition coefficient (Wildman–Crippen LogP) is 7.08. The minimum atomic E-state index is -0.267. The van der Waals surface area contributed by atoms with Crippen molar-refractivity contribution in [3.8, 4) is 0 Å². The summed E-state index contributed by atoms with van der Waals surface area (Å²) in [5.41, 5.74) is 3.82. The molecule has 0 aromatic heterocycles. The molecule has 6 heteroatoms. The first kappa shape index (κ1) is 22.8. The molecule has 1 atom stereocenters. The van der Waals surface area contributed by atoms with Gasteiger partial charge in [0.15, 0.2) is 5.11 Å². The Morgan fingerprint density at radius 3 is 2.33 bits per heavy atom. The van der Waals surface area contributed by atoms with Crippen LogP contribution in [0.2, 0.25) is 0 Å². The average molecular weight is 472 g/mol. The van der Waals surface area contributed by atoms with Crippen LogP contribution in [0.15, 0.2) is 95.9 Å². The van der Waals surface area contributed by atoms with Crippen molar-refractivity contribution in [3.05, 3.63) is 96.6 Å². The van der Waals surface area contributed by atoms with Gasteiger partial charge < -0.3 is 16.0 Å². The van der Waals surface area contributed by atoms with Crippen molar-refractivity contribution in [1.29, 1.82) is 0 Å². The Balaban J connectivity index is 1.37. The van der Waals surface area contributed by atoms with E-state index in [1.165, 1.54) is 17.3 Å². The van der Waals surface area contributed by atoms with Gasteiger partial charge in [0.1, 0.15) is 0 Å². The summed E-state index contributed by atoms with van der Waals surface area (Å²) < 4.78 is 0. The maximum absolute atomic E-state index is 12.9. The second-order valence-corrected chi connectivity index (χ2v) is 9.57. The third-order valence-electron chi connectivity index (χ3n) is 5.13. The van der Waals surface area contributed by atoms with Crippen LogP contribution < -0.4 is 16.0 Å². The molecular formula is C27H25N3OS2. The second kappa shape index (κ2) is 10.5. The molecule has 4 nitrogen and oxygen atoms in total. The van der Waals surface area contributed by atoms with Gasteiger partial charge in [-0.1, -0.05) is 60.2 Å². The third kappa shape index (κ3) is 6.12. The molecule has 0 spiro atoms. The molecule has 4 rings (SSSR count). The molecule has 1 unspecified atom stereocenters. The van der Waals surface area contributed by atoms with Crippen molar-refractivity contribution in [1.82, 2.24) is 0 Å². The van der Waals surface area contributed by atoms with Gasteiger partial charge in [-0.25, -0.2) is 0 Å². The van der Waals surface area contributed by atoms with E-state index in [0.717, 1.165) is 32.7 Å². The molecule has 0 saturated carbocycles. The number of thioether (sulfide) groups is 1. The van der Waals surface area contributed by atoms with Crippen LogP contribution in [0.5, 0.6) is 0 Å². The molecule has 3 N–H and O–H groups in total. The van der Waals surface area contributed by atoms with Crippen molar-refractivity contribution >= 4 is 62.8 Å². The van der Waals surface area contributed by atoms with Crippen molar-refractivity contribution in [2.45, 2.75) is 24.0 Å². The van der Waals surface area contributed by atoms with Crippen LogP contribution in [0.25, 0.3) is 10.8 Å². The lowest BCUT2D eigenvalue weighted by Crippen LogP contribution is -2.22. The first-order chi connectivity index (χ1) is 16.0. The minimum Gasteiger partial charge on any atom is -0.332 e. The Morgan fingerprint density at radius 1 is 0.818 bits per heavy atom. The Bertz CT molecular complexity index is 1280. The molecule has 4 aromatic rings. The van der Waals surface area contributed by atoms with E-state index in [9.17, 15) is 4.79 Å². The van der Waals surface area contributed by atoms with Crippen molar-refractivity contribution in [2.75, 3.05) is 16.0 Å². The summed E-state index contributed by atoms with van der Waals surface area (Å²) in [6, 6.07) is 29.9. The lowest BCUT2D eigenvalue weighted by molar-refractivity contribution is -0.115. The maximum atomic E-state index is 12.9. The van der Waals surface area contributed by atoms with Crippen LogP contribution >= 0.6 is 24.0 Å². The van der Waals surface area contributed by atoms with Crippen LogP contribution in [0.4, 0.5) is 17.1 Å². The molecule has 0 radical (unpaired) electrons. The van der Waals surface area contributed by atoms with Gasteiger partial charge in [0.05, 0.1) is 5.25 Å². The summed E-state index contributed by atoms with van der Waals surface area (Å²) in [5, 5.41) is 11.9. The number of hydrogen-bond donors (Lipinski definition) is 3. The van der Waals surface area contributed by atoms with Crippen LogP contribution in [0, 0.1) is 6.92 Å². The first-order valence-electron chi connectivity index (χ1n) is 10.7. The molecule has 166 valence electrons. The number of rotatable bonds is 6. The molecule has 1 amide bonds. The zero-order chi connectivity index (χ0) is 23.2. The molecule has 0 fully saturated rings. The monoisotopic (exact) mass is 471 g/mol. The Morgan fingerprint density at radius 2 is 1.52 bits per heavy atom. The number of carbonyl (C=O) groups is 1. The van der Waals surface area contributed by atoms with E-state index in [1.54, 1.807) is 0 Å². The van der Waals surface area contributed by atoms with Crippen LogP contribution in [0.1, 0.15) is 12.5 Å². The van der Waals surface area contributed by atoms with E-state index in [-0.39, 0.29) is 11.2 Å². The molecular weight excluding hydrogens is 446 g/mol. The molecule has 0 aliphatic carbocycles. The highest BCUT2D eigenvalue weighted by molar-refractivity contribution is 8.00. The topological polar surface area (TPSA) is 53.2 Å². The van der Waals surface area contributed by atoms with Gasteiger partial charge in [0.2, 0.25) is 5.91 Å². The Kier molecular flexibility index (Phi) is 7.27. The van der Waals surface area contributed by atoms with Crippen molar-refractivity contribution in [2.24, 2.45) is 0 Å². The van der Waals surface area contributed by atoms with Gasteiger partial charge in [0, 0.05) is 27.3 Å². The second-order valence-electron chi connectivity index (χ2n) is 7.75. The average Bonchev–Trinajstić information content (AvgIpc) is 2.81. The van der Waals surface area contributed by atoms with Gasteiger partial charge in [-0.15, -0.1) is 11.8 Å². The molecule has 0 saturated heterocycles. The number of anilines is 3. The van der Waals surface area contributed by atoms with Crippen molar-refractivity contribution in [3.63, 3.8) is 0 Å². The molecule has 0 heterocycles. The van der Waals surface area contributed by atoms with Gasteiger partial charge in [-0.05, 0) is 67.8 Å². The number of aryl methyl sites for hydroxylation is 1. The summed E-state index contributed by atoms with van der Waals surface area (Å²) in [4.78, 5) is 13.9. The highest BCUT2D eigenvalue weighted by Crippen LogP contribution is 2.28. The van der Waals surface area contributed by atoms with Crippen LogP contribution in [-0.4, -0.2) is 16.3 Å². The van der Waals surface area contributed by atoms with E-state index in [1.807, 2.05) is 105 Å². The number of fused-ring (bicyclic) bond motifs is 1. The molecule has 0 aliphatic heterocycles. The highest BCUT2D eigenvalue weighted by atomic mass is 32.2. The summed E-state index contributed by atoms with van der Waals surface area (Å²) in [5.74, 6) is -0.0359. The normalized spacial score (nSPS) is 11.6. The molecule has 4 aromatic carbocycles. The van der Waals surface area contributed by atoms with Gasteiger partial charge in [0.25, 0.3) is 0 Å². The fourth-order valence-corrected chi connectivity index (χ4v) is 4.57. The molecule has 33 heavy (non-hydrogen) atoms. The van der Waals surface area contributed by atoms with Crippen LogP contribution in [0.3, 0.4) is 0 Å². The Hall–Kier alpha value is -3.35. The summed E-state index contributed by atoms with van der Waals surface area (Å²) in [6.45, 7) is 3.96. The van der Waals surface area contributed by atoms with Gasteiger partial charge in [-0.2, -0.15) is 0 Å². The number of hydrogen-bond acceptors (Lipinski definition) is 3. The van der Waals surface area contributed by atoms with E-state index < -0.39 is 0 Å². The SMILES string of the molecule is Cc1ccc(NC(=S)Nc2cccc(SC(C)C(=O)Nc3cccc4ccccc34)c2)cc1. The first-order valence-corrected chi connectivity index (χ1v) is 12.0. The smallest absolute Gasteiger partial charge is 0.237 e. The minimum absolute atomic E-state index is 0.0359. The van der Waals surface area contributed by atoms with E-state index in [0.29, 0.717) is 5.11 Å². The zero-order valence-electron chi connectivity index (χ0n) is 18.5. The van der Waals surface area contributed by atoms with Gasteiger partial charge >= 0.3 is 0 Å². The maximum Gasteiger partial charge on any atom is 0.237 e. The number of carbonyl (C=O) groups excluding carboxylic acids is 1. The summed E-state index contributed by atoms with van der Waals surface area (Å²) in [7, 11) is 0. The lowest BCUT2D eigenvalue weighted by atomic mass is 10.1. The summed E-state index contributed by atoms with van der Waals surface area (Å²) in [6.07, 6.45) is 0. The fourth-order valence-electron chi connectivity index (χ4n) is 3.40. The molecule has 0 bridgehead atoms.